The molecule has 1 amide bonds. The van der Waals surface area contributed by atoms with Crippen LogP contribution in [0.15, 0.2) is 11.0 Å². The molecule has 1 saturated heterocycles. The summed E-state index contributed by atoms with van der Waals surface area (Å²) >= 11 is 0. The van der Waals surface area contributed by atoms with E-state index in [4.69, 9.17) is 9.47 Å². The molecule has 3 heterocycles. The summed E-state index contributed by atoms with van der Waals surface area (Å²) in [6.07, 6.45) is 1.41. The molecule has 0 aliphatic carbocycles. The Labute approximate surface area is 172 Å². The molecule has 2 aromatic heterocycles. The predicted octanol–water partition coefficient (Wildman–Crippen LogP) is 0.152. The first-order valence-corrected chi connectivity index (χ1v) is 9.44. The van der Waals surface area contributed by atoms with Crippen LogP contribution in [0.4, 0.5) is 0 Å². The number of hydrogen-bond donors (Lipinski definition) is 0. The minimum atomic E-state index is -0.932. The summed E-state index contributed by atoms with van der Waals surface area (Å²) < 4.78 is 17.9. The Morgan fingerprint density at radius 3 is 2.43 bits per heavy atom. The molecule has 162 valence electrons. The minimum Gasteiger partial charge on any atom is -0.464 e. The number of amides is 1. The molecule has 0 aromatic carbocycles. The molecule has 30 heavy (non-hydrogen) atoms. The Bertz CT molecular complexity index is 1060. The number of carbonyl (C=O) groups excluding carboxylic acids is 3. The van der Waals surface area contributed by atoms with Gasteiger partial charge in [-0.2, -0.15) is 0 Å². The van der Waals surface area contributed by atoms with Crippen LogP contribution < -0.4 is 10.3 Å². The van der Waals surface area contributed by atoms with Gasteiger partial charge in [0.1, 0.15) is 6.54 Å². The third-order valence-electron chi connectivity index (χ3n) is 4.68. The van der Waals surface area contributed by atoms with E-state index in [1.54, 1.807) is 18.0 Å². The number of ether oxygens (including phenoxy) is 3. The van der Waals surface area contributed by atoms with Gasteiger partial charge in [-0.25, -0.2) is 14.2 Å². The van der Waals surface area contributed by atoms with Crippen molar-refractivity contribution >= 4 is 23.6 Å². The van der Waals surface area contributed by atoms with Crippen molar-refractivity contribution in [2.75, 3.05) is 20.2 Å². The van der Waals surface area contributed by atoms with Crippen molar-refractivity contribution in [1.29, 1.82) is 0 Å². The number of methoxy groups -OCH3 is 1. The van der Waals surface area contributed by atoms with Crippen molar-refractivity contribution in [3.8, 4) is 5.75 Å². The average molecular weight is 420 g/mol. The molecule has 0 saturated carbocycles. The van der Waals surface area contributed by atoms with E-state index < -0.39 is 28.9 Å². The van der Waals surface area contributed by atoms with E-state index in [1.165, 1.54) is 8.97 Å². The highest BCUT2D eigenvalue weighted by Crippen LogP contribution is 2.17. The van der Waals surface area contributed by atoms with Gasteiger partial charge in [-0.05, 0) is 20.8 Å². The van der Waals surface area contributed by atoms with E-state index in [9.17, 15) is 19.2 Å². The van der Waals surface area contributed by atoms with Crippen molar-refractivity contribution < 1.29 is 28.6 Å². The number of carbonyl (C=O) groups is 3. The maximum Gasteiger partial charge on any atom is 0.360 e. The van der Waals surface area contributed by atoms with Crippen LogP contribution in [-0.4, -0.2) is 69.1 Å². The molecule has 0 radical (unpaired) electrons. The molecule has 1 fully saturated rings. The lowest BCUT2D eigenvalue weighted by atomic mass is 10.2. The molecule has 2 aromatic rings. The highest BCUT2D eigenvalue weighted by atomic mass is 16.5. The second-order valence-corrected chi connectivity index (χ2v) is 7.27. The van der Waals surface area contributed by atoms with Gasteiger partial charge in [-0.3, -0.25) is 14.4 Å². The Balaban J connectivity index is 2.05. The summed E-state index contributed by atoms with van der Waals surface area (Å²) in [5, 5.41) is 0. The Morgan fingerprint density at radius 1 is 1.23 bits per heavy atom. The zero-order chi connectivity index (χ0) is 22.2. The van der Waals surface area contributed by atoms with Crippen LogP contribution in [0.5, 0.6) is 5.75 Å². The number of hydrogen-bond acceptors (Lipinski definition) is 8. The first-order chi connectivity index (χ1) is 14.1. The zero-order valence-electron chi connectivity index (χ0n) is 17.5. The van der Waals surface area contributed by atoms with Gasteiger partial charge < -0.3 is 23.7 Å². The van der Waals surface area contributed by atoms with Crippen LogP contribution in [0.25, 0.3) is 5.78 Å². The maximum absolute atomic E-state index is 12.9. The van der Waals surface area contributed by atoms with Crippen molar-refractivity contribution in [3.63, 3.8) is 0 Å². The number of nitrogens with zero attached hydrogens (tertiary/aromatic N) is 4. The van der Waals surface area contributed by atoms with Crippen molar-refractivity contribution in [2.24, 2.45) is 0 Å². The fourth-order valence-electron chi connectivity index (χ4n) is 3.56. The monoisotopic (exact) mass is 420 g/mol. The molecule has 11 heteroatoms. The Hall–Kier alpha value is -3.21. The van der Waals surface area contributed by atoms with E-state index in [-0.39, 0.29) is 30.4 Å². The zero-order valence-corrected chi connectivity index (χ0v) is 17.5. The molecule has 1 aliphatic heterocycles. The van der Waals surface area contributed by atoms with Gasteiger partial charge in [0.15, 0.2) is 0 Å². The summed E-state index contributed by atoms with van der Waals surface area (Å²) in [6.45, 7) is 7.37. The van der Waals surface area contributed by atoms with E-state index in [2.05, 4.69) is 9.72 Å². The predicted molar refractivity (Wildman–Crippen MR) is 103 cm³/mol. The summed E-state index contributed by atoms with van der Waals surface area (Å²) in [5.74, 6) is -2.33. The maximum atomic E-state index is 12.9. The number of morpholine rings is 1. The summed E-state index contributed by atoms with van der Waals surface area (Å²) in [5.41, 5.74) is -0.713. The van der Waals surface area contributed by atoms with Crippen LogP contribution in [0.2, 0.25) is 0 Å². The third-order valence-corrected chi connectivity index (χ3v) is 4.68. The molecule has 3 rings (SSSR count). The number of fused-ring (bicyclic) bond motifs is 1. The Kier molecular flexibility index (Phi) is 5.92. The lowest BCUT2D eigenvalue weighted by molar-refractivity contribution is -0.143. The largest absolute Gasteiger partial charge is 0.464 e. The highest BCUT2D eigenvalue weighted by Gasteiger charge is 2.28. The number of imidazole rings is 1. The van der Waals surface area contributed by atoms with Crippen LogP contribution in [0.1, 0.15) is 37.0 Å². The van der Waals surface area contributed by atoms with Gasteiger partial charge in [0.2, 0.25) is 23.1 Å². The molecule has 0 spiro atoms. The molecule has 1 aliphatic rings. The van der Waals surface area contributed by atoms with Crippen molar-refractivity contribution in [2.45, 2.75) is 46.4 Å². The second kappa shape index (κ2) is 8.27. The number of aryl methyl sites for hydroxylation is 1. The van der Waals surface area contributed by atoms with Crippen LogP contribution in [0.3, 0.4) is 0 Å². The van der Waals surface area contributed by atoms with Crippen molar-refractivity contribution in [3.05, 3.63) is 27.9 Å². The fourth-order valence-corrected chi connectivity index (χ4v) is 3.56. The summed E-state index contributed by atoms with van der Waals surface area (Å²) in [4.78, 5) is 55.2. The van der Waals surface area contributed by atoms with Gasteiger partial charge in [0.25, 0.3) is 0 Å². The van der Waals surface area contributed by atoms with Crippen LogP contribution in [-0.2, 0) is 25.6 Å². The van der Waals surface area contributed by atoms with Gasteiger partial charge in [0, 0.05) is 31.9 Å². The molecule has 0 N–H and O–H groups in total. The topological polar surface area (TPSA) is 121 Å². The third kappa shape index (κ3) is 4.06. The number of aromatic nitrogens is 3. The first-order valence-electron chi connectivity index (χ1n) is 9.44. The van der Waals surface area contributed by atoms with E-state index >= 15 is 0 Å². The van der Waals surface area contributed by atoms with Crippen LogP contribution in [0, 0.1) is 6.92 Å². The lowest BCUT2D eigenvalue weighted by Gasteiger charge is -2.35. The Morgan fingerprint density at radius 2 is 1.87 bits per heavy atom. The van der Waals surface area contributed by atoms with E-state index in [0.717, 1.165) is 14.0 Å². The molecule has 0 bridgehead atoms. The molecular weight excluding hydrogens is 396 g/mol. The normalized spacial score (nSPS) is 19.0. The highest BCUT2D eigenvalue weighted by molar-refractivity contribution is 5.91. The quantitative estimate of drug-likeness (QED) is 0.641. The average Bonchev–Trinajstić information content (AvgIpc) is 2.97. The standard InChI is InChI=1S/C19H24N4O7/c1-10-6-22(9-14(25)21-7-11(2)29-12(3)8-21)19-20-15(18(27)28-5)16(30-13(4)24)17(26)23(10)19/h6,11-12H,7-9H2,1-5H3. The van der Waals surface area contributed by atoms with Crippen LogP contribution >= 0.6 is 0 Å². The molecule has 2 unspecified atom stereocenters. The lowest BCUT2D eigenvalue weighted by Crippen LogP contribution is -2.49. The van der Waals surface area contributed by atoms with Crippen molar-refractivity contribution in [1.82, 2.24) is 18.9 Å². The van der Waals surface area contributed by atoms with Gasteiger partial charge in [0.05, 0.1) is 19.3 Å². The second-order valence-electron chi connectivity index (χ2n) is 7.27. The SMILES string of the molecule is COC(=O)c1nc2n(CC(=O)N3CC(C)OC(C)C3)cc(C)n2c(=O)c1OC(C)=O. The smallest absolute Gasteiger partial charge is 0.360 e. The van der Waals surface area contributed by atoms with E-state index in [0.29, 0.717) is 18.8 Å². The number of rotatable bonds is 4. The minimum absolute atomic E-state index is 0.0662. The summed E-state index contributed by atoms with van der Waals surface area (Å²) in [6, 6.07) is 0. The fraction of sp³-hybridized carbons (Fsp3) is 0.526. The molecular formula is C19H24N4O7. The number of esters is 2. The molecule has 2 atom stereocenters. The van der Waals surface area contributed by atoms with Gasteiger partial charge in [-0.1, -0.05) is 0 Å². The van der Waals surface area contributed by atoms with E-state index in [1.807, 2.05) is 13.8 Å². The van der Waals surface area contributed by atoms with Gasteiger partial charge >= 0.3 is 17.5 Å². The van der Waals surface area contributed by atoms with Gasteiger partial charge in [-0.15, -0.1) is 0 Å². The summed E-state index contributed by atoms with van der Waals surface area (Å²) in [7, 11) is 1.12. The first kappa shape index (κ1) is 21.5. The molecule has 11 nitrogen and oxygen atoms in total.